The first-order valence-corrected chi connectivity index (χ1v) is 11.1. The molecule has 1 aromatic heterocycles. The summed E-state index contributed by atoms with van der Waals surface area (Å²) in [5.74, 6) is 2.06. The number of nitrogens with one attached hydrogen (secondary N) is 2. The second kappa shape index (κ2) is 10.4. The van der Waals surface area contributed by atoms with Crippen LogP contribution < -0.4 is 5.32 Å². The van der Waals surface area contributed by atoms with Crippen LogP contribution in [0.4, 0.5) is 0 Å². The number of amides is 1. The Kier molecular flexibility index (Phi) is 7.14. The Labute approximate surface area is 182 Å². The smallest absolute Gasteiger partial charge is 0.225 e. The van der Waals surface area contributed by atoms with Crippen LogP contribution in [0.2, 0.25) is 0 Å². The zero-order valence-electron chi connectivity index (χ0n) is 18.1. The van der Waals surface area contributed by atoms with E-state index in [1.807, 2.05) is 17.0 Å². The molecular formula is C22H31N7O2. The Hall–Kier alpha value is -2.94. The van der Waals surface area contributed by atoms with Crippen LogP contribution >= 0.6 is 0 Å². The van der Waals surface area contributed by atoms with E-state index in [4.69, 9.17) is 9.73 Å². The molecule has 3 heterocycles. The van der Waals surface area contributed by atoms with Crippen LogP contribution in [0, 0.1) is 5.92 Å². The number of aromatic nitrogens is 3. The van der Waals surface area contributed by atoms with Gasteiger partial charge in [-0.15, -0.1) is 0 Å². The average Bonchev–Trinajstić information content (AvgIpc) is 3.37. The van der Waals surface area contributed by atoms with Crippen LogP contribution in [-0.4, -0.2) is 82.8 Å². The number of hydrogen-bond donors (Lipinski definition) is 2. The summed E-state index contributed by atoms with van der Waals surface area (Å²) < 4.78 is 5.37. The summed E-state index contributed by atoms with van der Waals surface area (Å²) in [5.41, 5.74) is 2.11. The molecular weight excluding hydrogens is 394 g/mol. The van der Waals surface area contributed by atoms with E-state index in [0.717, 1.165) is 68.5 Å². The molecule has 166 valence electrons. The molecule has 1 aromatic carbocycles. The van der Waals surface area contributed by atoms with Gasteiger partial charge in [0.25, 0.3) is 0 Å². The molecule has 2 aliphatic rings. The Balaban J connectivity index is 1.36. The van der Waals surface area contributed by atoms with Crippen molar-refractivity contribution in [3.8, 4) is 11.4 Å². The fourth-order valence-corrected chi connectivity index (χ4v) is 4.13. The summed E-state index contributed by atoms with van der Waals surface area (Å²) in [6.07, 6.45) is 3.24. The number of ether oxygens (including phenoxy) is 1. The van der Waals surface area contributed by atoms with Gasteiger partial charge in [0.1, 0.15) is 6.33 Å². The Morgan fingerprint density at radius 1 is 1.23 bits per heavy atom. The molecule has 2 aromatic rings. The number of benzene rings is 1. The predicted molar refractivity (Wildman–Crippen MR) is 118 cm³/mol. The molecule has 9 heteroatoms. The highest BCUT2D eigenvalue weighted by atomic mass is 16.5. The lowest BCUT2D eigenvalue weighted by atomic mass is 9.95. The minimum absolute atomic E-state index is 0.107. The highest BCUT2D eigenvalue weighted by Crippen LogP contribution is 2.21. The van der Waals surface area contributed by atoms with Gasteiger partial charge in [0.05, 0.1) is 19.8 Å². The van der Waals surface area contributed by atoms with E-state index in [1.54, 1.807) is 0 Å². The largest absolute Gasteiger partial charge is 0.378 e. The van der Waals surface area contributed by atoms with E-state index in [0.29, 0.717) is 19.8 Å². The van der Waals surface area contributed by atoms with Gasteiger partial charge in [-0.3, -0.25) is 9.89 Å². The molecule has 0 bridgehead atoms. The number of aliphatic imine (C=N–C) groups is 1. The number of aromatic amines is 1. The van der Waals surface area contributed by atoms with Crippen LogP contribution in [0.1, 0.15) is 25.3 Å². The predicted octanol–water partition coefficient (Wildman–Crippen LogP) is 1.51. The monoisotopic (exact) mass is 425 g/mol. The van der Waals surface area contributed by atoms with Gasteiger partial charge >= 0.3 is 0 Å². The van der Waals surface area contributed by atoms with Gasteiger partial charge in [-0.2, -0.15) is 5.10 Å². The van der Waals surface area contributed by atoms with Crippen molar-refractivity contribution < 1.29 is 9.53 Å². The second-order valence-corrected chi connectivity index (χ2v) is 7.90. The summed E-state index contributed by atoms with van der Waals surface area (Å²) >= 11 is 0. The number of morpholine rings is 1. The number of hydrogen-bond acceptors (Lipinski definition) is 5. The standard InChI is InChI=1S/C22H31N7O2/c1-2-23-22(24-15-17-4-3-5-19(14-17)20-25-16-26-27-20)29-8-6-18(7-9-29)21(30)28-10-12-31-13-11-28/h3-5,14,16,18H,2,6-13,15H2,1H3,(H,23,24)(H,25,26,27). The van der Waals surface area contributed by atoms with E-state index in [9.17, 15) is 4.79 Å². The zero-order valence-corrected chi connectivity index (χ0v) is 18.1. The molecule has 0 radical (unpaired) electrons. The fraction of sp³-hybridized carbons (Fsp3) is 0.545. The topological polar surface area (TPSA) is 98.7 Å². The van der Waals surface area contributed by atoms with Crippen molar-refractivity contribution in [3.63, 3.8) is 0 Å². The molecule has 4 rings (SSSR count). The number of nitrogens with zero attached hydrogens (tertiary/aromatic N) is 5. The molecule has 31 heavy (non-hydrogen) atoms. The van der Waals surface area contributed by atoms with Crippen molar-refractivity contribution >= 4 is 11.9 Å². The van der Waals surface area contributed by atoms with Gasteiger partial charge in [0, 0.05) is 44.2 Å². The van der Waals surface area contributed by atoms with Crippen molar-refractivity contribution in [2.45, 2.75) is 26.3 Å². The number of rotatable bonds is 5. The first kappa shape index (κ1) is 21.3. The van der Waals surface area contributed by atoms with Crippen molar-refractivity contribution in [2.24, 2.45) is 10.9 Å². The van der Waals surface area contributed by atoms with E-state index in [2.05, 4.69) is 44.5 Å². The summed E-state index contributed by atoms with van der Waals surface area (Å²) in [5, 5.41) is 10.2. The number of carbonyl (C=O) groups is 1. The summed E-state index contributed by atoms with van der Waals surface area (Å²) in [6.45, 7) is 7.89. The van der Waals surface area contributed by atoms with E-state index in [-0.39, 0.29) is 11.8 Å². The minimum atomic E-state index is 0.107. The summed E-state index contributed by atoms with van der Waals surface area (Å²) in [4.78, 5) is 26.1. The van der Waals surface area contributed by atoms with Gasteiger partial charge in [-0.25, -0.2) is 9.98 Å². The first-order valence-electron chi connectivity index (χ1n) is 11.1. The van der Waals surface area contributed by atoms with Crippen molar-refractivity contribution in [1.29, 1.82) is 0 Å². The molecule has 0 atom stereocenters. The van der Waals surface area contributed by atoms with Crippen molar-refractivity contribution in [1.82, 2.24) is 30.3 Å². The molecule has 2 N–H and O–H groups in total. The van der Waals surface area contributed by atoms with Crippen molar-refractivity contribution in [3.05, 3.63) is 36.2 Å². The number of H-pyrrole nitrogens is 1. The molecule has 2 fully saturated rings. The van der Waals surface area contributed by atoms with E-state index >= 15 is 0 Å². The molecule has 0 aliphatic carbocycles. The Morgan fingerprint density at radius 3 is 2.74 bits per heavy atom. The molecule has 1 amide bonds. The average molecular weight is 426 g/mol. The zero-order chi connectivity index (χ0) is 21.5. The second-order valence-electron chi connectivity index (χ2n) is 7.90. The van der Waals surface area contributed by atoms with Crippen LogP contribution in [0.15, 0.2) is 35.6 Å². The van der Waals surface area contributed by atoms with Gasteiger partial charge in [0.15, 0.2) is 11.8 Å². The van der Waals surface area contributed by atoms with Crippen LogP contribution in [-0.2, 0) is 16.1 Å². The maximum Gasteiger partial charge on any atom is 0.225 e. The lowest BCUT2D eigenvalue weighted by molar-refractivity contribution is -0.140. The Bertz CT molecular complexity index is 870. The highest BCUT2D eigenvalue weighted by molar-refractivity contribution is 5.82. The van der Waals surface area contributed by atoms with Gasteiger partial charge < -0.3 is 19.9 Å². The van der Waals surface area contributed by atoms with Gasteiger partial charge in [-0.05, 0) is 31.4 Å². The molecule has 0 saturated carbocycles. The third-order valence-electron chi connectivity index (χ3n) is 5.83. The van der Waals surface area contributed by atoms with Crippen LogP contribution in [0.3, 0.4) is 0 Å². The number of piperidine rings is 1. The van der Waals surface area contributed by atoms with Crippen LogP contribution in [0.5, 0.6) is 0 Å². The minimum Gasteiger partial charge on any atom is -0.378 e. The van der Waals surface area contributed by atoms with E-state index in [1.165, 1.54) is 6.33 Å². The van der Waals surface area contributed by atoms with E-state index < -0.39 is 0 Å². The number of guanidine groups is 1. The quantitative estimate of drug-likeness (QED) is 0.557. The lowest BCUT2D eigenvalue weighted by Crippen LogP contribution is -2.50. The molecule has 0 unspecified atom stereocenters. The van der Waals surface area contributed by atoms with Gasteiger partial charge in [-0.1, -0.05) is 18.2 Å². The normalized spacial score (nSPS) is 18.3. The van der Waals surface area contributed by atoms with Crippen LogP contribution in [0.25, 0.3) is 11.4 Å². The Morgan fingerprint density at radius 2 is 2.03 bits per heavy atom. The fourth-order valence-electron chi connectivity index (χ4n) is 4.13. The van der Waals surface area contributed by atoms with Gasteiger partial charge in [0.2, 0.25) is 5.91 Å². The highest BCUT2D eigenvalue weighted by Gasteiger charge is 2.30. The summed E-state index contributed by atoms with van der Waals surface area (Å²) in [7, 11) is 0. The first-order chi connectivity index (χ1) is 15.2. The summed E-state index contributed by atoms with van der Waals surface area (Å²) in [6, 6.07) is 8.18. The molecule has 9 nitrogen and oxygen atoms in total. The SMILES string of the molecule is CCNC(=NCc1cccc(-c2ncn[nH]2)c1)N1CCC(C(=O)N2CCOCC2)CC1. The number of carbonyl (C=O) groups excluding carboxylic acids is 1. The molecule has 2 saturated heterocycles. The molecule has 2 aliphatic heterocycles. The maximum atomic E-state index is 12.8. The molecule has 0 spiro atoms. The van der Waals surface area contributed by atoms with Crippen molar-refractivity contribution in [2.75, 3.05) is 45.9 Å². The third-order valence-corrected chi connectivity index (χ3v) is 5.83. The third kappa shape index (κ3) is 5.41. The maximum absolute atomic E-state index is 12.8. The number of likely N-dealkylation sites (tertiary alicyclic amines) is 1. The lowest BCUT2D eigenvalue weighted by Gasteiger charge is -2.36.